The van der Waals surface area contributed by atoms with E-state index in [2.05, 4.69) is 0 Å². The zero-order valence-corrected chi connectivity index (χ0v) is 11.1. The van der Waals surface area contributed by atoms with E-state index in [9.17, 15) is 0 Å². The Hall–Kier alpha value is 3.32. The molecule has 0 saturated heterocycles. The fourth-order valence-corrected chi connectivity index (χ4v) is 0. The molecule has 5 nitrogen and oxygen atoms in total. The molecule has 5 N–H and O–H groups in total. The molecule has 0 aliphatic heterocycles. The second kappa shape index (κ2) is 81.3. The summed E-state index contributed by atoms with van der Waals surface area (Å²) in [6, 6.07) is 0. The first-order valence-electron chi connectivity index (χ1n) is 0. The molecule has 0 aromatic heterocycles. The van der Waals surface area contributed by atoms with Gasteiger partial charge in [-0.1, -0.05) is 0 Å². The third-order valence-corrected chi connectivity index (χ3v) is 0. The molecule has 0 saturated carbocycles. The van der Waals surface area contributed by atoms with Gasteiger partial charge in [0.05, 0.1) is 0 Å². The van der Waals surface area contributed by atoms with Crippen LogP contribution in [-0.2, 0) is 0 Å². The summed E-state index contributed by atoms with van der Waals surface area (Å²) in [5, 5.41) is 0. The Morgan fingerprint density at radius 1 is 0.375 bits per heavy atom. The van der Waals surface area contributed by atoms with Crippen LogP contribution in [0.1, 0.15) is 0 Å². The molecule has 0 fully saturated rings. The minimum absolute atomic E-state index is 0. The fraction of sp³-hybridized carbons (Fsp3) is 0. The van der Waals surface area contributed by atoms with Crippen molar-refractivity contribution in [2.75, 3.05) is 0 Å². The smallest absolute Gasteiger partial charge is 0.870 e. The van der Waals surface area contributed by atoms with Crippen molar-refractivity contribution in [1.82, 2.24) is 0 Å². The summed E-state index contributed by atoms with van der Waals surface area (Å²) in [7, 11) is 0. The van der Waals surface area contributed by atoms with Crippen LogP contribution in [0.2, 0.25) is 0 Å². The third-order valence-electron chi connectivity index (χ3n) is 0. The molecule has 8 heavy (non-hydrogen) atoms. The Kier molecular flexibility index (Phi) is 1110. The van der Waals surface area contributed by atoms with Crippen LogP contribution in [0.15, 0.2) is 0 Å². The van der Waals surface area contributed by atoms with Crippen LogP contribution in [0.5, 0.6) is 0 Å². The molecule has 0 aromatic carbocycles. The van der Waals surface area contributed by atoms with Crippen molar-refractivity contribution < 1.29 is 56.9 Å². The van der Waals surface area contributed by atoms with Gasteiger partial charge in [-0.25, -0.2) is 0 Å². The van der Waals surface area contributed by atoms with Crippen molar-refractivity contribution >= 4 is 75.5 Å². The first kappa shape index (κ1) is 109. The summed E-state index contributed by atoms with van der Waals surface area (Å²) in [6.07, 6.45) is 0. The molecule has 40 valence electrons. The number of hydrogen-bond donors (Lipinski definition) is 0. The van der Waals surface area contributed by atoms with Gasteiger partial charge >= 0.3 is 105 Å². The van der Waals surface area contributed by atoms with Gasteiger partial charge in [0.1, 0.15) is 0 Å². The first-order valence-corrected chi connectivity index (χ1v) is 0. The van der Waals surface area contributed by atoms with Gasteiger partial charge in [-0.3, -0.25) is 0 Å². The first-order chi connectivity index (χ1) is 0. The molecule has 0 radical (unpaired) electrons. The molecule has 0 rings (SSSR count). The van der Waals surface area contributed by atoms with Gasteiger partial charge in [-0.2, -0.15) is 0 Å². The molecule has 0 aromatic rings. The molecule has 0 amide bonds. The molecule has 0 bridgehead atoms. The van der Waals surface area contributed by atoms with E-state index in [4.69, 9.17) is 0 Å². The summed E-state index contributed by atoms with van der Waals surface area (Å²) in [4.78, 5) is 0. The van der Waals surface area contributed by atoms with E-state index in [1.165, 1.54) is 0 Å². The Labute approximate surface area is 129 Å². The summed E-state index contributed by atoms with van der Waals surface area (Å²) in [5.41, 5.74) is 0. The summed E-state index contributed by atoms with van der Waals surface area (Å²) in [6.45, 7) is 0. The fourth-order valence-electron chi connectivity index (χ4n) is 0. The van der Waals surface area contributed by atoms with Gasteiger partial charge in [0.25, 0.3) is 0 Å². The molecule has 0 unspecified atom stereocenters. The van der Waals surface area contributed by atoms with E-state index in [1.807, 2.05) is 0 Å². The van der Waals surface area contributed by atoms with Crippen molar-refractivity contribution in [2.24, 2.45) is 0 Å². The number of hydrogen-bond acceptors (Lipinski definition) is 5. The topological polar surface area (TPSA) is 150 Å². The predicted molar refractivity (Wildman–Crippen MR) is 21.2 cm³/mol. The maximum absolute atomic E-state index is 0. The second-order valence-electron chi connectivity index (χ2n) is 0. The van der Waals surface area contributed by atoms with Crippen molar-refractivity contribution in [1.29, 1.82) is 0 Å². The van der Waals surface area contributed by atoms with E-state index in [1.54, 1.807) is 0 Å². The minimum atomic E-state index is 0. The average Bonchev–Trinajstić information content (AvgIpc) is 0. The molecule has 0 aliphatic rings. The molecule has 0 aliphatic carbocycles. The maximum Gasteiger partial charge on any atom is 2.00 e. The maximum atomic E-state index is 0. The largest absolute Gasteiger partial charge is 2.00 e. The van der Waals surface area contributed by atoms with Crippen LogP contribution >= 0.6 is 0 Å². The summed E-state index contributed by atoms with van der Waals surface area (Å²) >= 11 is 0. The molecular weight excluding hydrogens is 183 g/mol. The van der Waals surface area contributed by atoms with Crippen LogP contribution < -0.4 is 29.6 Å². The Balaban J connectivity index is 0. The van der Waals surface area contributed by atoms with E-state index in [0.29, 0.717) is 0 Å². The Morgan fingerprint density at radius 3 is 0.375 bits per heavy atom. The van der Waals surface area contributed by atoms with Crippen LogP contribution in [-0.4, -0.2) is 103 Å². The Morgan fingerprint density at radius 2 is 0.375 bits per heavy atom. The molecule has 0 heterocycles. The van der Waals surface area contributed by atoms with Gasteiger partial charge in [-0.05, 0) is 0 Å². The van der Waals surface area contributed by atoms with Crippen LogP contribution in [0.25, 0.3) is 0 Å². The van der Waals surface area contributed by atoms with Gasteiger partial charge in [-0.15, -0.1) is 0 Å². The van der Waals surface area contributed by atoms with E-state index in [0.717, 1.165) is 0 Å². The Bertz CT molecular complexity index is 10.4. The second-order valence-corrected chi connectivity index (χ2v) is 0. The van der Waals surface area contributed by atoms with E-state index in [-0.39, 0.29) is 132 Å². The molecule has 0 spiro atoms. The van der Waals surface area contributed by atoms with Crippen LogP contribution in [0.3, 0.4) is 0 Å². The van der Waals surface area contributed by atoms with Gasteiger partial charge in [0.15, 0.2) is 0 Å². The number of rotatable bonds is 0. The average molecular weight is 188 g/mol. The van der Waals surface area contributed by atoms with Gasteiger partial charge in [0.2, 0.25) is 0 Å². The normalized spacial score (nSPS) is 0. The van der Waals surface area contributed by atoms with Gasteiger partial charge in [0, 0.05) is 0 Å². The SMILES string of the molecule is [Ca+2].[Ca+2].[Na+].[OH-].[OH-].[OH-].[OH-].[OH-]. The predicted octanol–water partition coefficient (Wildman–Crippen LogP) is -4.64. The van der Waals surface area contributed by atoms with Crippen molar-refractivity contribution in [3.63, 3.8) is 0 Å². The molecule has 0 atom stereocenters. The van der Waals surface area contributed by atoms with Crippen LogP contribution in [0.4, 0.5) is 0 Å². The zero-order valence-electron chi connectivity index (χ0n) is 4.65. The van der Waals surface area contributed by atoms with Crippen LogP contribution in [0, 0.1) is 0 Å². The standard InChI is InChI=1S/2Ca.Na.5H2O/h;;;5*1H2/q2*+2;+1;;;;;/p-5. The van der Waals surface area contributed by atoms with Crippen molar-refractivity contribution in [3.8, 4) is 0 Å². The summed E-state index contributed by atoms with van der Waals surface area (Å²) in [5.74, 6) is 0. The van der Waals surface area contributed by atoms with Gasteiger partial charge < -0.3 is 27.4 Å². The van der Waals surface area contributed by atoms with Crippen molar-refractivity contribution in [3.05, 3.63) is 0 Å². The van der Waals surface area contributed by atoms with E-state index >= 15 is 0 Å². The summed E-state index contributed by atoms with van der Waals surface area (Å²) < 4.78 is 0. The zero-order chi connectivity index (χ0) is 0. The monoisotopic (exact) mass is 188 g/mol. The minimum Gasteiger partial charge on any atom is -0.870 e. The molecule has 8 heteroatoms. The van der Waals surface area contributed by atoms with Crippen molar-refractivity contribution in [2.45, 2.75) is 0 Å². The molecular formula is H5Ca2NaO5. The van der Waals surface area contributed by atoms with E-state index < -0.39 is 0 Å². The third kappa shape index (κ3) is 58.5. The quantitative estimate of drug-likeness (QED) is 0.350.